The average molecular weight is 249 g/mol. The highest BCUT2D eigenvalue weighted by molar-refractivity contribution is 5.99. The molecule has 0 saturated heterocycles. The highest BCUT2D eigenvalue weighted by Gasteiger charge is 2.33. The number of hydrogen-bond acceptors (Lipinski definition) is 4. The minimum absolute atomic E-state index is 0.0900. The van der Waals surface area contributed by atoms with Crippen molar-refractivity contribution in [2.45, 2.75) is 19.1 Å². The van der Waals surface area contributed by atoms with E-state index in [1.54, 1.807) is 31.2 Å². The van der Waals surface area contributed by atoms with E-state index in [1.807, 2.05) is 0 Å². The van der Waals surface area contributed by atoms with Crippen LogP contribution in [0.2, 0.25) is 0 Å². The summed E-state index contributed by atoms with van der Waals surface area (Å²) < 4.78 is 5.44. The molecule has 1 aromatic carbocycles. The molecule has 6 heteroatoms. The van der Waals surface area contributed by atoms with Crippen LogP contribution in [-0.2, 0) is 9.59 Å². The van der Waals surface area contributed by atoms with E-state index in [4.69, 9.17) is 16.2 Å². The van der Waals surface area contributed by atoms with Crippen molar-refractivity contribution in [2.24, 2.45) is 11.5 Å². The molecule has 18 heavy (non-hydrogen) atoms. The molecule has 0 aromatic heterocycles. The van der Waals surface area contributed by atoms with Gasteiger partial charge in [-0.2, -0.15) is 0 Å². The summed E-state index contributed by atoms with van der Waals surface area (Å²) in [5, 5.41) is 0. The Labute approximate surface area is 104 Å². The lowest BCUT2D eigenvalue weighted by Gasteiger charge is -2.34. The molecule has 0 aliphatic carbocycles. The Bertz CT molecular complexity index is 487. The summed E-state index contributed by atoms with van der Waals surface area (Å²) in [6.45, 7) is 1.69. The van der Waals surface area contributed by atoms with Crippen molar-refractivity contribution in [3.63, 3.8) is 0 Å². The van der Waals surface area contributed by atoms with Gasteiger partial charge in [-0.15, -0.1) is 0 Å². The molecular formula is C12H15N3O3. The van der Waals surface area contributed by atoms with Gasteiger partial charge >= 0.3 is 0 Å². The normalized spacial score (nSPS) is 19.7. The van der Waals surface area contributed by atoms with Gasteiger partial charge in [0.2, 0.25) is 5.91 Å². The minimum atomic E-state index is -0.845. The molecule has 2 rings (SSSR count). The number of amides is 2. The van der Waals surface area contributed by atoms with Crippen LogP contribution >= 0.6 is 0 Å². The number of anilines is 1. The second kappa shape index (κ2) is 4.66. The van der Waals surface area contributed by atoms with E-state index in [0.29, 0.717) is 11.4 Å². The lowest BCUT2D eigenvalue weighted by Crippen LogP contribution is -2.52. The van der Waals surface area contributed by atoms with Gasteiger partial charge in [-0.1, -0.05) is 12.1 Å². The second-order valence-electron chi connectivity index (χ2n) is 4.21. The largest absolute Gasteiger partial charge is 0.477 e. The molecule has 2 amide bonds. The predicted molar refractivity (Wildman–Crippen MR) is 66.1 cm³/mol. The first kappa shape index (κ1) is 12.4. The third kappa shape index (κ3) is 2.14. The zero-order valence-corrected chi connectivity index (χ0v) is 10.00. The maximum absolute atomic E-state index is 12.0. The molecule has 4 N–H and O–H groups in total. The molecule has 0 bridgehead atoms. The average Bonchev–Trinajstić information content (AvgIpc) is 2.36. The molecule has 0 radical (unpaired) electrons. The van der Waals surface area contributed by atoms with Crippen LogP contribution in [0.15, 0.2) is 24.3 Å². The lowest BCUT2D eigenvalue weighted by atomic mass is 10.1. The quantitative estimate of drug-likeness (QED) is 0.745. The molecule has 0 fully saturated rings. The molecule has 0 saturated carbocycles. The molecule has 96 valence electrons. The summed E-state index contributed by atoms with van der Waals surface area (Å²) in [5.41, 5.74) is 11.4. The molecule has 1 aromatic rings. The van der Waals surface area contributed by atoms with E-state index < -0.39 is 18.1 Å². The zero-order chi connectivity index (χ0) is 13.3. The summed E-state index contributed by atoms with van der Waals surface area (Å²) in [6.07, 6.45) is -0.845. The number of nitrogens with zero attached hydrogens (tertiary/aromatic N) is 1. The van der Waals surface area contributed by atoms with E-state index in [0.717, 1.165) is 0 Å². The van der Waals surface area contributed by atoms with Crippen LogP contribution in [0, 0.1) is 0 Å². The van der Waals surface area contributed by atoms with Gasteiger partial charge in [0, 0.05) is 0 Å². The van der Waals surface area contributed by atoms with E-state index in [2.05, 4.69) is 0 Å². The number of ether oxygens (including phenoxy) is 1. The van der Waals surface area contributed by atoms with Gasteiger partial charge in [0.15, 0.2) is 6.10 Å². The van der Waals surface area contributed by atoms with E-state index in [1.165, 1.54) is 4.90 Å². The second-order valence-corrected chi connectivity index (χ2v) is 4.21. The Balaban J connectivity index is 2.39. The highest BCUT2D eigenvalue weighted by atomic mass is 16.5. The Morgan fingerprint density at radius 2 is 2.11 bits per heavy atom. The molecule has 2 atom stereocenters. The van der Waals surface area contributed by atoms with Crippen LogP contribution < -0.4 is 21.1 Å². The van der Waals surface area contributed by atoms with Crippen LogP contribution in [0.25, 0.3) is 0 Å². The van der Waals surface area contributed by atoms with Gasteiger partial charge in [-0.05, 0) is 19.1 Å². The number of fused-ring (bicyclic) bond motifs is 1. The van der Waals surface area contributed by atoms with Crippen molar-refractivity contribution in [3.8, 4) is 5.75 Å². The van der Waals surface area contributed by atoms with Crippen molar-refractivity contribution in [1.29, 1.82) is 0 Å². The molecule has 1 aliphatic heterocycles. The number of benzene rings is 1. The van der Waals surface area contributed by atoms with Crippen LogP contribution in [-0.4, -0.2) is 30.5 Å². The van der Waals surface area contributed by atoms with Gasteiger partial charge in [-0.3, -0.25) is 9.59 Å². The van der Waals surface area contributed by atoms with Crippen molar-refractivity contribution in [2.75, 3.05) is 11.4 Å². The smallest absolute Gasteiger partial charge is 0.260 e. The van der Waals surface area contributed by atoms with Gasteiger partial charge in [0.25, 0.3) is 5.91 Å². The first-order chi connectivity index (χ1) is 8.50. The van der Waals surface area contributed by atoms with Gasteiger partial charge in [0.05, 0.1) is 18.3 Å². The van der Waals surface area contributed by atoms with Gasteiger partial charge in [-0.25, -0.2) is 0 Å². The Morgan fingerprint density at radius 1 is 1.44 bits per heavy atom. The number of nitrogens with two attached hydrogens (primary N) is 2. The Hall–Kier alpha value is -2.08. The summed E-state index contributed by atoms with van der Waals surface area (Å²) in [7, 11) is 0. The number of carbonyl (C=O) groups excluding carboxylic acids is 2. The number of carbonyl (C=O) groups is 2. The van der Waals surface area contributed by atoms with E-state index >= 15 is 0 Å². The summed E-state index contributed by atoms with van der Waals surface area (Å²) >= 11 is 0. The molecule has 6 nitrogen and oxygen atoms in total. The standard InChI is InChI=1S/C12H15N3O3/c1-7(13)12(17)15-6-10(11(14)16)18-9-5-3-2-4-8(9)15/h2-5,7,10H,6,13H2,1H3,(H2,14,16). The monoisotopic (exact) mass is 249 g/mol. The first-order valence-corrected chi connectivity index (χ1v) is 5.62. The third-order valence-electron chi connectivity index (χ3n) is 2.75. The predicted octanol–water partition coefficient (Wildman–Crippen LogP) is -0.387. The van der Waals surface area contributed by atoms with Gasteiger partial charge in [0.1, 0.15) is 5.75 Å². The van der Waals surface area contributed by atoms with Crippen molar-refractivity contribution in [1.82, 2.24) is 0 Å². The van der Waals surface area contributed by atoms with Crippen molar-refractivity contribution >= 4 is 17.5 Å². The molecule has 2 unspecified atom stereocenters. The van der Waals surface area contributed by atoms with Crippen LogP contribution in [0.1, 0.15) is 6.92 Å². The van der Waals surface area contributed by atoms with Crippen LogP contribution in [0.5, 0.6) is 5.75 Å². The van der Waals surface area contributed by atoms with Crippen LogP contribution in [0.3, 0.4) is 0 Å². The van der Waals surface area contributed by atoms with E-state index in [9.17, 15) is 9.59 Å². The topological polar surface area (TPSA) is 98.7 Å². The molecule has 1 heterocycles. The summed E-state index contributed by atoms with van der Waals surface area (Å²) in [5.74, 6) is -0.412. The fraction of sp³-hybridized carbons (Fsp3) is 0.333. The maximum Gasteiger partial charge on any atom is 0.260 e. The molecule has 0 spiro atoms. The van der Waals surface area contributed by atoms with E-state index in [-0.39, 0.29) is 12.5 Å². The molecular weight excluding hydrogens is 234 g/mol. The maximum atomic E-state index is 12.0. The van der Waals surface area contributed by atoms with Crippen molar-refractivity contribution in [3.05, 3.63) is 24.3 Å². The zero-order valence-electron chi connectivity index (χ0n) is 10.00. The lowest BCUT2D eigenvalue weighted by molar-refractivity contribution is -0.125. The Morgan fingerprint density at radius 3 is 2.72 bits per heavy atom. The third-order valence-corrected chi connectivity index (χ3v) is 2.75. The summed E-state index contributed by atoms with van der Waals surface area (Å²) in [4.78, 5) is 24.7. The number of hydrogen-bond donors (Lipinski definition) is 2. The fourth-order valence-corrected chi connectivity index (χ4v) is 1.84. The summed E-state index contributed by atoms with van der Waals surface area (Å²) in [6, 6.07) is 6.33. The number of primary amides is 1. The number of para-hydroxylation sites is 2. The minimum Gasteiger partial charge on any atom is -0.477 e. The molecule has 1 aliphatic rings. The number of rotatable bonds is 2. The van der Waals surface area contributed by atoms with Gasteiger partial charge < -0.3 is 21.1 Å². The highest BCUT2D eigenvalue weighted by Crippen LogP contribution is 2.33. The first-order valence-electron chi connectivity index (χ1n) is 5.62. The van der Waals surface area contributed by atoms with Crippen LogP contribution in [0.4, 0.5) is 5.69 Å². The Kier molecular flexibility index (Phi) is 3.20. The fourth-order valence-electron chi connectivity index (χ4n) is 1.84. The SMILES string of the molecule is CC(N)C(=O)N1CC(C(N)=O)Oc2ccccc21. The van der Waals surface area contributed by atoms with Crippen molar-refractivity contribution < 1.29 is 14.3 Å².